The Morgan fingerprint density at radius 1 is 1.33 bits per heavy atom. The monoisotopic (exact) mass is 268 g/mol. The molecule has 0 bridgehead atoms. The van der Waals surface area contributed by atoms with E-state index in [9.17, 15) is 4.39 Å². The number of thiocarbonyl (C=S) groups is 1. The van der Waals surface area contributed by atoms with Crippen LogP contribution in [0.4, 0.5) is 10.1 Å². The van der Waals surface area contributed by atoms with Crippen molar-refractivity contribution < 1.29 is 9.13 Å². The zero-order valence-electron chi connectivity index (χ0n) is 10.1. The third kappa shape index (κ3) is 3.32. The van der Waals surface area contributed by atoms with Gasteiger partial charge in [0.1, 0.15) is 11.4 Å². The minimum Gasteiger partial charge on any atom is -0.488 e. The molecule has 18 heavy (non-hydrogen) atoms. The summed E-state index contributed by atoms with van der Waals surface area (Å²) < 4.78 is 19.6. The second-order valence-electron chi connectivity index (χ2n) is 4.48. The molecule has 1 aliphatic rings. The summed E-state index contributed by atoms with van der Waals surface area (Å²) in [5.74, 6) is 0.0748. The van der Waals surface area contributed by atoms with Crippen LogP contribution in [-0.2, 0) is 0 Å². The van der Waals surface area contributed by atoms with Crippen molar-refractivity contribution in [1.82, 2.24) is 0 Å². The van der Waals surface area contributed by atoms with Crippen LogP contribution < -0.4 is 15.8 Å². The molecule has 1 fully saturated rings. The first-order chi connectivity index (χ1) is 8.66. The number of nitrogens with one attached hydrogen (secondary N) is 1. The largest absolute Gasteiger partial charge is 0.488 e. The Bertz CT molecular complexity index is 433. The highest BCUT2D eigenvalue weighted by molar-refractivity contribution is 7.80. The molecule has 0 unspecified atom stereocenters. The molecule has 0 saturated heterocycles. The van der Waals surface area contributed by atoms with Gasteiger partial charge in [0.2, 0.25) is 0 Å². The van der Waals surface area contributed by atoms with Crippen LogP contribution >= 0.6 is 12.2 Å². The Hall–Kier alpha value is -1.36. The van der Waals surface area contributed by atoms with Gasteiger partial charge in [0, 0.05) is 0 Å². The molecule has 1 aliphatic carbocycles. The van der Waals surface area contributed by atoms with E-state index in [1.807, 2.05) is 0 Å². The van der Waals surface area contributed by atoms with Gasteiger partial charge in [0.15, 0.2) is 10.9 Å². The van der Waals surface area contributed by atoms with E-state index in [1.165, 1.54) is 12.5 Å². The van der Waals surface area contributed by atoms with Crippen molar-refractivity contribution in [3.63, 3.8) is 0 Å². The standard InChI is InChI=1S/C13H17FN2OS/c14-10-7-4-8-11(12(10)16-13(15)18)17-9-5-2-1-3-6-9/h4,7-9H,1-3,5-6H2,(H3,15,16,18). The maximum absolute atomic E-state index is 13.7. The fourth-order valence-electron chi connectivity index (χ4n) is 2.21. The van der Waals surface area contributed by atoms with Crippen LogP contribution in [0.15, 0.2) is 18.2 Å². The molecule has 5 heteroatoms. The first-order valence-corrected chi connectivity index (χ1v) is 6.59. The van der Waals surface area contributed by atoms with Crippen LogP contribution in [0.5, 0.6) is 5.75 Å². The zero-order chi connectivity index (χ0) is 13.0. The predicted molar refractivity (Wildman–Crippen MR) is 74.3 cm³/mol. The average molecular weight is 268 g/mol. The number of benzene rings is 1. The van der Waals surface area contributed by atoms with E-state index >= 15 is 0 Å². The smallest absolute Gasteiger partial charge is 0.168 e. The number of hydrogen-bond acceptors (Lipinski definition) is 2. The lowest BCUT2D eigenvalue weighted by Gasteiger charge is -2.24. The molecule has 2 rings (SSSR count). The van der Waals surface area contributed by atoms with Crippen LogP contribution in [-0.4, -0.2) is 11.2 Å². The van der Waals surface area contributed by atoms with Gasteiger partial charge in [-0.3, -0.25) is 0 Å². The van der Waals surface area contributed by atoms with Gasteiger partial charge in [-0.2, -0.15) is 0 Å². The first-order valence-electron chi connectivity index (χ1n) is 6.18. The molecule has 0 aliphatic heterocycles. The molecule has 0 heterocycles. The van der Waals surface area contributed by atoms with Gasteiger partial charge >= 0.3 is 0 Å². The van der Waals surface area contributed by atoms with E-state index in [0.29, 0.717) is 5.75 Å². The second kappa shape index (κ2) is 6.00. The van der Waals surface area contributed by atoms with Crippen molar-refractivity contribution in [3.05, 3.63) is 24.0 Å². The van der Waals surface area contributed by atoms with Gasteiger partial charge in [-0.15, -0.1) is 0 Å². The van der Waals surface area contributed by atoms with E-state index in [1.54, 1.807) is 12.1 Å². The van der Waals surface area contributed by atoms with Gasteiger partial charge < -0.3 is 15.8 Å². The van der Waals surface area contributed by atoms with Crippen LogP contribution in [0.1, 0.15) is 32.1 Å². The van der Waals surface area contributed by atoms with Crippen LogP contribution in [0, 0.1) is 5.82 Å². The second-order valence-corrected chi connectivity index (χ2v) is 4.92. The van der Waals surface area contributed by atoms with Crippen LogP contribution in [0.3, 0.4) is 0 Å². The maximum Gasteiger partial charge on any atom is 0.168 e. The van der Waals surface area contributed by atoms with E-state index in [2.05, 4.69) is 5.32 Å². The summed E-state index contributed by atoms with van der Waals surface area (Å²) in [6.07, 6.45) is 5.77. The number of rotatable bonds is 3. The topological polar surface area (TPSA) is 47.3 Å². The lowest BCUT2D eigenvalue weighted by atomic mass is 9.98. The van der Waals surface area contributed by atoms with Crippen molar-refractivity contribution in [2.24, 2.45) is 5.73 Å². The summed E-state index contributed by atoms with van der Waals surface area (Å²) in [7, 11) is 0. The SMILES string of the molecule is NC(=S)Nc1c(F)cccc1OC1CCCCC1. The number of ether oxygens (including phenoxy) is 1. The van der Waals surface area contributed by atoms with Crippen molar-refractivity contribution in [1.29, 1.82) is 0 Å². The number of halogens is 1. The summed E-state index contributed by atoms with van der Waals surface area (Å²) in [6, 6.07) is 4.71. The Morgan fingerprint density at radius 2 is 2.06 bits per heavy atom. The first kappa shape index (κ1) is 13.1. The molecule has 0 radical (unpaired) electrons. The molecule has 1 aromatic rings. The highest BCUT2D eigenvalue weighted by Crippen LogP contribution is 2.31. The van der Waals surface area contributed by atoms with Gasteiger partial charge in [-0.1, -0.05) is 12.5 Å². The third-order valence-corrected chi connectivity index (χ3v) is 3.17. The summed E-state index contributed by atoms with van der Waals surface area (Å²) in [5.41, 5.74) is 5.63. The average Bonchev–Trinajstić information content (AvgIpc) is 2.34. The quantitative estimate of drug-likeness (QED) is 0.826. The molecular formula is C13H17FN2OS. The number of hydrogen-bond donors (Lipinski definition) is 2. The molecule has 0 amide bonds. The van der Waals surface area contributed by atoms with Crippen molar-refractivity contribution >= 4 is 23.0 Å². The Kier molecular flexibility index (Phi) is 4.36. The fraction of sp³-hybridized carbons (Fsp3) is 0.462. The van der Waals surface area contributed by atoms with E-state index in [0.717, 1.165) is 25.7 Å². The van der Waals surface area contributed by atoms with Crippen LogP contribution in [0.25, 0.3) is 0 Å². The molecule has 0 atom stereocenters. The highest BCUT2D eigenvalue weighted by Gasteiger charge is 2.18. The lowest BCUT2D eigenvalue weighted by molar-refractivity contribution is 0.155. The maximum atomic E-state index is 13.7. The van der Waals surface area contributed by atoms with Gasteiger partial charge in [0.05, 0.1) is 6.10 Å². The molecule has 0 spiro atoms. The zero-order valence-corrected chi connectivity index (χ0v) is 10.9. The molecule has 98 valence electrons. The molecule has 0 aromatic heterocycles. The number of para-hydroxylation sites is 1. The fourth-order valence-corrected chi connectivity index (χ4v) is 2.31. The summed E-state index contributed by atoms with van der Waals surface area (Å²) >= 11 is 4.75. The number of nitrogens with two attached hydrogens (primary N) is 1. The van der Waals surface area contributed by atoms with Crippen molar-refractivity contribution in [2.45, 2.75) is 38.2 Å². The normalized spacial score (nSPS) is 16.3. The predicted octanol–water partition coefficient (Wildman–Crippen LogP) is 3.19. The summed E-state index contributed by atoms with van der Waals surface area (Å²) in [6.45, 7) is 0. The van der Waals surface area contributed by atoms with Gasteiger partial charge in [-0.05, 0) is 50.0 Å². The minimum atomic E-state index is -0.406. The summed E-state index contributed by atoms with van der Waals surface area (Å²) in [5, 5.41) is 2.68. The minimum absolute atomic E-state index is 0.0357. The Labute approximate surface area is 112 Å². The van der Waals surface area contributed by atoms with Crippen molar-refractivity contribution in [3.8, 4) is 5.75 Å². The molecular weight excluding hydrogens is 251 g/mol. The highest BCUT2D eigenvalue weighted by atomic mass is 32.1. The molecule has 3 nitrogen and oxygen atoms in total. The van der Waals surface area contributed by atoms with Crippen LogP contribution in [0.2, 0.25) is 0 Å². The Balaban J connectivity index is 2.15. The van der Waals surface area contributed by atoms with Gasteiger partial charge in [-0.25, -0.2) is 4.39 Å². The third-order valence-electron chi connectivity index (χ3n) is 3.07. The Morgan fingerprint density at radius 3 is 2.72 bits per heavy atom. The molecule has 1 saturated carbocycles. The van der Waals surface area contributed by atoms with Gasteiger partial charge in [0.25, 0.3) is 0 Å². The molecule has 3 N–H and O–H groups in total. The van der Waals surface area contributed by atoms with Crippen molar-refractivity contribution in [2.75, 3.05) is 5.32 Å². The lowest BCUT2D eigenvalue weighted by Crippen LogP contribution is -2.23. The molecule has 1 aromatic carbocycles. The number of anilines is 1. The van der Waals surface area contributed by atoms with E-state index in [-0.39, 0.29) is 16.9 Å². The van der Waals surface area contributed by atoms with E-state index in [4.69, 9.17) is 22.7 Å². The summed E-state index contributed by atoms with van der Waals surface area (Å²) in [4.78, 5) is 0. The van der Waals surface area contributed by atoms with E-state index < -0.39 is 5.82 Å².